The molecule has 1 heterocycles. The number of thiazole rings is 1. The molecule has 0 bridgehead atoms. The number of nitrogens with one attached hydrogen (secondary N) is 1. The quantitative estimate of drug-likeness (QED) is 0.385. The highest BCUT2D eigenvalue weighted by atomic mass is 32.1. The number of halogens is 6. The molecule has 1 aromatic carbocycles. The van der Waals surface area contributed by atoms with Gasteiger partial charge in [-0.3, -0.25) is 9.59 Å². The fourth-order valence-electron chi connectivity index (χ4n) is 2.81. The Hall–Kier alpha value is -2.63. The molecule has 0 spiro atoms. The molecule has 0 radical (unpaired) electrons. The van der Waals surface area contributed by atoms with Crippen molar-refractivity contribution in [1.82, 2.24) is 9.88 Å². The van der Waals surface area contributed by atoms with Crippen LogP contribution < -0.4 is 5.32 Å². The molecule has 0 atom stereocenters. The van der Waals surface area contributed by atoms with Crippen LogP contribution in [0.1, 0.15) is 53.4 Å². The van der Waals surface area contributed by atoms with Crippen LogP contribution in [0.2, 0.25) is 0 Å². The maximum Gasteiger partial charge on any atom is 0.416 e. The molecule has 0 fully saturated rings. The maximum absolute atomic E-state index is 13.1. The van der Waals surface area contributed by atoms with Gasteiger partial charge < -0.3 is 10.2 Å². The van der Waals surface area contributed by atoms with E-state index in [1.807, 2.05) is 6.92 Å². The Balaban J connectivity index is 2.33. The van der Waals surface area contributed by atoms with E-state index in [-0.39, 0.29) is 17.7 Å². The van der Waals surface area contributed by atoms with Crippen LogP contribution in [0.3, 0.4) is 0 Å². The fourth-order valence-corrected chi connectivity index (χ4v) is 3.51. The highest BCUT2D eigenvalue weighted by Crippen LogP contribution is 2.36. The van der Waals surface area contributed by atoms with Gasteiger partial charge in [-0.2, -0.15) is 26.3 Å². The van der Waals surface area contributed by atoms with E-state index in [2.05, 4.69) is 10.3 Å². The minimum atomic E-state index is -5.08. The summed E-state index contributed by atoms with van der Waals surface area (Å²) in [6.07, 6.45) is -8.31. The van der Waals surface area contributed by atoms with E-state index in [0.717, 1.165) is 22.7 Å². The number of aryl methyl sites for hydroxylation is 1. The molecule has 0 aliphatic rings. The smallest absolute Gasteiger partial charge is 0.329 e. The van der Waals surface area contributed by atoms with E-state index < -0.39 is 47.4 Å². The summed E-state index contributed by atoms with van der Waals surface area (Å²) in [5.74, 6) is -1.75. The van der Waals surface area contributed by atoms with Gasteiger partial charge in [-0.05, 0) is 31.5 Å². The molecule has 32 heavy (non-hydrogen) atoms. The Morgan fingerprint density at radius 2 is 1.62 bits per heavy atom. The number of aromatic nitrogens is 1. The first-order chi connectivity index (χ1) is 14.8. The average Bonchev–Trinajstić information content (AvgIpc) is 3.09. The standard InChI is InChI=1S/C20H21F6N3O2S/c1-3-4-5-6-29(10-16(30)28-18-27-12(2)11-32-18)17(31)13-7-14(19(21,22)23)9-15(8-13)20(24,25)26/h7-9,11H,3-6,10H2,1-2H3,(H,27,28,30). The third-order valence-corrected chi connectivity index (χ3v) is 5.23. The van der Waals surface area contributed by atoms with Gasteiger partial charge >= 0.3 is 12.4 Å². The lowest BCUT2D eigenvalue weighted by molar-refractivity contribution is -0.143. The number of hydrogen-bond acceptors (Lipinski definition) is 4. The molecule has 1 N–H and O–H groups in total. The fraction of sp³-hybridized carbons (Fsp3) is 0.450. The van der Waals surface area contributed by atoms with Gasteiger partial charge in [-0.1, -0.05) is 19.8 Å². The minimum Gasteiger partial charge on any atom is -0.329 e. The lowest BCUT2D eigenvalue weighted by Gasteiger charge is -2.23. The zero-order valence-corrected chi connectivity index (χ0v) is 18.0. The van der Waals surface area contributed by atoms with Crippen molar-refractivity contribution in [3.8, 4) is 0 Å². The van der Waals surface area contributed by atoms with Crippen LogP contribution >= 0.6 is 11.3 Å². The van der Waals surface area contributed by atoms with Crippen molar-refractivity contribution in [2.24, 2.45) is 0 Å². The first-order valence-corrected chi connectivity index (χ1v) is 10.5. The van der Waals surface area contributed by atoms with Gasteiger partial charge in [0.15, 0.2) is 5.13 Å². The van der Waals surface area contributed by atoms with Crippen LogP contribution in [-0.4, -0.2) is 34.8 Å². The van der Waals surface area contributed by atoms with Crippen molar-refractivity contribution in [2.75, 3.05) is 18.4 Å². The molecular weight excluding hydrogens is 460 g/mol. The second-order valence-electron chi connectivity index (χ2n) is 7.07. The largest absolute Gasteiger partial charge is 0.416 e. The van der Waals surface area contributed by atoms with Gasteiger partial charge in [0.25, 0.3) is 5.91 Å². The number of benzene rings is 1. The molecule has 5 nitrogen and oxygen atoms in total. The van der Waals surface area contributed by atoms with Crippen molar-refractivity contribution < 1.29 is 35.9 Å². The number of carbonyl (C=O) groups excluding carboxylic acids is 2. The van der Waals surface area contributed by atoms with Crippen LogP contribution in [-0.2, 0) is 17.1 Å². The van der Waals surface area contributed by atoms with Gasteiger partial charge in [0.05, 0.1) is 16.8 Å². The summed E-state index contributed by atoms with van der Waals surface area (Å²) < 4.78 is 78.8. The zero-order valence-electron chi connectivity index (χ0n) is 17.2. The number of nitrogens with zero attached hydrogens (tertiary/aromatic N) is 2. The van der Waals surface area contributed by atoms with Crippen LogP contribution in [0.25, 0.3) is 0 Å². The van der Waals surface area contributed by atoms with E-state index in [1.165, 1.54) is 0 Å². The van der Waals surface area contributed by atoms with E-state index in [4.69, 9.17) is 0 Å². The summed E-state index contributed by atoms with van der Waals surface area (Å²) in [6, 6.07) is 0.689. The first-order valence-electron chi connectivity index (χ1n) is 9.62. The predicted octanol–water partition coefficient (Wildman–Crippen LogP) is 5.76. The molecule has 0 saturated carbocycles. The van der Waals surface area contributed by atoms with Crippen LogP contribution in [0.4, 0.5) is 31.5 Å². The molecule has 0 aliphatic heterocycles. The highest BCUT2D eigenvalue weighted by Gasteiger charge is 2.38. The van der Waals surface area contributed by atoms with Crippen molar-refractivity contribution in [3.05, 3.63) is 46.0 Å². The van der Waals surface area contributed by atoms with Gasteiger partial charge in [0.1, 0.15) is 6.54 Å². The third kappa shape index (κ3) is 7.21. The minimum absolute atomic E-state index is 0.00537. The molecule has 0 aliphatic carbocycles. The Morgan fingerprint density at radius 1 is 1.03 bits per heavy atom. The molecule has 12 heteroatoms. The number of unbranched alkanes of at least 4 members (excludes halogenated alkanes) is 2. The Bertz CT molecular complexity index is 923. The van der Waals surface area contributed by atoms with Crippen LogP contribution in [0.15, 0.2) is 23.6 Å². The van der Waals surface area contributed by atoms with Gasteiger partial charge in [0, 0.05) is 17.5 Å². The average molecular weight is 481 g/mol. The van der Waals surface area contributed by atoms with Crippen molar-refractivity contribution in [3.63, 3.8) is 0 Å². The summed E-state index contributed by atoms with van der Waals surface area (Å²) in [5, 5.41) is 4.43. The van der Waals surface area contributed by atoms with Crippen molar-refractivity contribution >= 4 is 28.3 Å². The Morgan fingerprint density at radius 3 is 2.09 bits per heavy atom. The Kier molecular flexibility index (Phi) is 8.27. The summed E-state index contributed by atoms with van der Waals surface area (Å²) in [4.78, 5) is 30.2. The zero-order chi connectivity index (χ0) is 24.1. The van der Waals surface area contributed by atoms with E-state index in [0.29, 0.717) is 30.7 Å². The second-order valence-corrected chi connectivity index (χ2v) is 7.93. The number of hydrogen-bond donors (Lipinski definition) is 1. The molecule has 1 aromatic heterocycles. The molecule has 0 saturated heterocycles. The van der Waals surface area contributed by atoms with Crippen LogP contribution in [0, 0.1) is 6.92 Å². The summed E-state index contributed by atoms with van der Waals surface area (Å²) in [5.41, 5.74) is -3.31. The van der Waals surface area contributed by atoms with Gasteiger partial charge in [-0.15, -0.1) is 11.3 Å². The maximum atomic E-state index is 13.1. The molecule has 176 valence electrons. The number of carbonyl (C=O) groups is 2. The highest BCUT2D eigenvalue weighted by molar-refractivity contribution is 7.13. The van der Waals surface area contributed by atoms with Crippen LogP contribution in [0.5, 0.6) is 0 Å². The number of alkyl halides is 6. The summed E-state index contributed by atoms with van der Waals surface area (Å²) in [6.45, 7) is 3.04. The third-order valence-electron chi connectivity index (χ3n) is 4.35. The van der Waals surface area contributed by atoms with E-state index in [1.54, 1.807) is 12.3 Å². The first kappa shape index (κ1) is 25.6. The lowest BCUT2D eigenvalue weighted by Crippen LogP contribution is -2.39. The molecule has 0 unspecified atom stereocenters. The molecule has 2 rings (SSSR count). The topological polar surface area (TPSA) is 62.3 Å². The molecule has 2 aromatic rings. The number of anilines is 1. The monoisotopic (exact) mass is 481 g/mol. The SMILES string of the molecule is CCCCCN(CC(=O)Nc1nc(C)cs1)C(=O)c1cc(C(F)(F)F)cc(C(F)(F)F)c1. The van der Waals surface area contributed by atoms with Crippen molar-refractivity contribution in [2.45, 2.75) is 45.5 Å². The normalized spacial score (nSPS) is 12.0. The van der Waals surface area contributed by atoms with E-state index in [9.17, 15) is 35.9 Å². The van der Waals surface area contributed by atoms with Gasteiger partial charge in [0.2, 0.25) is 5.91 Å². The summed E-state index contributed by atoms with van der Waals surface area (Å²) in [7, 11) is 0. The Labute approximate surface area is 184 Å². The second kappa shape index (κ2) is 10.3. The van der Waals surface area contributed by atoms with Gasteiger partial charge in [-0.25, -0.2) is 4.98 Å². The number of rotatable bonds is 8. The van der Waals surface area contributed by atoms with Crippen molar-refractivity contribution in [1.29, 1.82) is 0 Å². The predicted molar refractivity (Wildman–Crippen MR) is 107 cm³/mol. The summed E-state index contributed by atoms with van der Waals surface area (Å²) >= 11 is 1.14. The molecular formula is C20H21F6N3O2S. The number of amides is 2. The lowest BCUT2D eigenvalue weighted by atomic mass is 10.0. The molecule has 2 amide bonds. The van der Waals surface area contributed by atoms with E-state index >= 15 is 0 Å².